The number of rotatable bonds is 3. The van der Waals surface area contributed by atoms with Crippen LogP contribution in [0.5, 0.6) is 11.5 Å². The molecule has 0 fully saturated rings. The Kier molecular flexibility index (Phi) is 4.98. The first-order valence-electron chi connectivity index (χ1n) is 9.66. The molecule has 2 aliphatic rings. The SMILES string of the molecule is CCSc1n[n+]2c(c(=O)[nH]1)-c1ccccc1N(C(C)=O)[C@@H]2c1cc2c(cc1Br)OCO2. The number of thioether (sulfide) groups is 1. The minimum Gasteiger partial charge on any atom is -0.454 e. The summed E-state index contributed by atoms with van der Waals surface area (Å²) in [5, 5.41) is 5.21. The summed E-state index contributed by atoms with van der Waals surface area (Å²) in [4.78, 5) is 30.6. The molecule has 0 unspecified atom stereocenters. The van der Waals surface area contributed by atoms with Crippen LogP contribution in [0.15, 0.2) is 50.8 Å². The van der Waals surface area contributed by atoms with Crippen molar-refractivity contribution in [3.8, 4) is 22.8 Å². The molecule has 3 heterocycles. The fraction of sp³-hybridized carbons (Fsp3) is 0.238. The Morgan fingerprint density at radius 1 is 1.32 bits per heavy atom. The zero-order valence-corrected chi connectivity index (χ0v) is 19.1. The third-order valence-corrected chi connectivity index (χ3v) is 6.58. The Bertz CT molecular complexity index is 1280. The van der Waals surface area contributed by atoms with Crippen molar-refractivity contribution in [1.82, 2.24) is 10.1 Å². The number of carbonyl (C=O) groups excluding carboxylic acids is 1. The fourth-order valence-corrected chi connectivity index (χ4v) is 5.04. The largest absolute Gasteiger partial charge is 0.454 e. The highest BCUT2D eigenvalue weighted by Gasteiger charge is 2.46. The molecule has 0 spiro atoms. The maximum atomic E-state index is 13.2. The van der Waals surface area contributed by atoms with Gasteiger partial charge in [-0.25, -0.2) is 4.90 Å². The number of nitrogens with zero attached hydrogens (tertiary/aromatic N) is 3. The predicted molar refractivity (Wildman–Crippen MR) is 118 cm³/mol. The van der Waals surface area contributed by atoms with Crippen molar-refractivity contribution in [2.75, 3.05) is 17.4 Å². The van der Waals surface area contributed by atoms with Gasteiger partial charge in [-0.2, -0.15) is 0 Å². The number of hydrogen-bond acceptors (Lipinski definition) is 6. The molecular formula is C21H18BrN4O4S+. The lowest BCUT2D eigenvalue weighted by Crippen LogP contribution is -2.60. The van der Waals surface area contributed by atoms with E-state index in [-0.39, 0.29) is 18.3 Å². The third-order valence-electron chi connectivity index (χ3n) is 5.15. The highest BCUT2D eigenvalue weighted by atomic mass is 79.9. The molecule has 31 heavy (non-hydrogen) atoms. The number of fused-ring (bicyclic) bond motifs is 4. The number of halogens is 1. The summed E-state index contributed by atoms with van der Waals surface area (Å²) in [6.45, 7) is 3.62. The maximum Gasteiger partial charge on any atom is 0.325 e. The summed E-state index contributed by atoms with van der Waals surface area (Å²) in [6.07, 6.45) is -0.690. The quantitative estimate of drug-likeness (QED) is 0.437. The number of nitrogens with one attached hydrogen (secondary N) is 1. The number of carbonyl (C=O) groups is 1. The molecule has 1 N–H and O–H groups in total. The van der Waals surface area contributed by atoms with E-state index in [9.17, 15) is 9.59 Å². The first-order valence-corrected chi connectivity index (χ1v) is 11.4. The lowest BCUT2D eigenvalue weighted by atomic mass is 10.0. The van der Waals surface area contributed by atoms with Crippen LogP contribution in [-0.2, 0) is 4.79 Å². The van der Waals surface area contributed by atoms with Crippen LogP contribution < -0.4 is 24.6 Å². The zero-order chi connectivity index (χ0) is 21.7. The van der Waals surface area contributed by atoms with Gasteiger partial charge in [-0.05, 0) is 34.7 Å². The second-order valence-corrected chi connectivity index (χ2v) is 9.10. The van der Waals surface area contributed by atoms with Crippen molar-refractivity contribution < 1.29 is 19.0 Å². The highest BCUT2D eigenvalue weighted by Crippen LogP contribution is 2.43. The monoisotopic (exact) mass is 501 g/mol. The van der Waals surface area contributed by atoms with Crippen LogP contribution in [0, 0.1) is 0 Å². The average molecular weight is 502 g/mol. The minimum absolute atomic E-state index is 0.133. The molecule has 0 radical (unpaired) electrons. The summed E-state index contributed by atoms with van der Waals surface area (Å²) in [5.41, 5.74) is 2.15. The second-order valence-electron chi connectivity index (χ2n) is 6.99. The number of benzene rings is 2. The van der Waals surface area contributed by atoms with Gasteiger partial charge in [0.15, 0.2) is 11.5 Å². The van der Waals surface area contributed by atoms with Gasteiger partial charge < -0.3 is 9.47 Å². The van der Waals surface area contributed by atoms with Gasteiger partial charge in [0.25, 0.3) is 6.17 Å². The molecule has 1 aromatic heterocycles. The Morgan fingerprint density at radius 2 is 2.06 bits per heavy atom. The van der Waals surface area contributed by atoms with E-state index in [0.717, 1.165) is 15.8 Å². The molecule has 2 aliphatic heterocycles. The van der Waals surface area contributed by atoms with Crippen LogP contribution in [0.4, 0.5) is 5.69 Å². The molecule has 0 saturated heterocycles. The third kappa shape index (κ3) is 3.21. The van der Waals surface area contributed by atoms with E-state index in [4.69, 9.17) is 14.6 Å². The summed E-state index contributed by atoms with van der Waals surface area (Å²) < 4.78 is 13.4. The van der Waals surface area contributed by atoms with E-state index in [0.29, 0.717) is 33.6 Å². The normalized spacial score (nSPS) is 16.1. The Morgan fingerprint density at radius 3 is 2.81 bits per heavy atom. The van der Waals surface area contributed by atoms with Gasteiger partial charge in [-0.1, -0.05) is 46.7 Å². The summed E-state index contributed by atoms with van der Waals surface area (Å²) in [6, 6.07) is 11.0. The second kappa shape index (κ2) is 7.69. The van der Waals surface area contributed by atoms with Gasteiger partial charge >= 0.3 is 11.3 Å². The van der Waals surface area contributed by atoms with Crippen LogP contribution >= 0.6 is 27.7 Å². The molecule has 5 rings (SSSR count). The Balaban J connectivity index is 1.84. The number of hydrogen-bond donors (Lipinski definition) is 1. The number of aromatic amines is 1. The number of ether oxygens (including phenoxy) is 2. The maximum absolute atomic E-state index is 13.2. The van der Waals surface area contributed by atoms with Gasteiger partial charge in [0.05, 0.1) is 16.8 Å². The highest BCUT2D eigenvalue weighted by molar-refractivity contribution is 9.10. The first-order chi connectivity index (χ1) is 15.0. The number of anilines is 1. The molecule has 1 amide bonds. The van der Waals surface area contributed by atoms with Crippen LogP contribution in [0.25, 0.3) is 11.3 Å². The molecular weight excluding hydrogens is 484 g/mol. The van der Waals surface area contributed by atoms with Crippen molar-refractivity contribution >= 4 is 39.3 Å². The van der Waals surface area contributed by atoms with Crippen LogP contribution in [0.1, 0.15) is 25.6 Å². The van der Waals surface area contributed by atoms with Gasteiger partial charge in [0.2, 0.25) is 17.9 Å². The molecule has 2 aromatic carbocycles. The lowest BCUT2D eigenvalue weighted by Gasteiger charge is -2.31. The number of amides is 1. The van der Waals surface area contributed by atoms with Crippen LogP contribution in [-0.4, -0.2) is 28.5 Å². The van der Waals surface area contributed by atoms with Crippen molar-refractivity contribution in [3.05, 3.63) is 56.8 Å². The Labute approximate surface area is 190 Å². The van der Waals surface area contributed by atoms with Crippen LogP contribution in [0.2, 0.25) is 0 Å². The van der Waals surface area contributed by atoms with Gasteiger partial charge in [0, 0.05) is 16.5 Å². The molecule has 10 heteroatoms. The molecule has 0 aliphatic carbocycles. The smallest absolute Gasteiger partial charge is 0.325 e. The van der Waals surface area contributed by atoms with Gasteiger partial charge in [0.1, 0.15) is 0 Å². The topological polar surface area (TPSA) is 88.4 Å². The van der Waals surface area contributed by atoms with Crippen molar-refractivity contribution in [2.24, 2.45) is 0 Å². The molecule has 1 atom stereocenters. The van der Waals surface area contributed by atoms with E-state index < -0.39 is 6.17 Å². The van der Waals surface area contributed by atoms with E-state index >= 15 is 0 Å². The number of H-pyrrole nitrogens is 1. The minimum atomic E-state index is -0.690. The average Bonchev–Trinajstić information content (AvgIpc) is 3.19. The molecule has 8 nitrogen and oxygen atoms in total. The lowest BCUT2D eigenvalue weighted by molar-refractivity contribution is -0.763. The first kappa shape index (κ1) is 20.1. The van der Waals surface area contributed by atoms with Crippen molar-refractivity contribution in [2.45, 2.75) is 25.2 Å². The van der Waals surface area contributed by atoms with E-state index in [1.165, 1.54) is 18.7 Å². The zero-order valence-electron chi connectivity index (χ0n) is 16.7. The summed E-state index contributed by atoms with van der Waals surface area (Å²) >= 11 is 5.04. The molecule has 3 aromatic rings. The Hall–Kier alpha value is -2.85. The van der Waals surface area contributed by atoms with Crippen molar-refractivity contribution in [3.63, 3.8) is 0 Å². The van der Waals surface area contributed by atoms with E-state index in [2.05, 4.69) is 20.9 Å². The van der Waals surface area contributed by atoms with E-state index in [1.807, 2.05) is 43.3 Å². The molecule has 0 bridgehead atoms. The van der Waals surface area contributed by atoms with Crippen molar-refractivity contribution in [1.29, 1.82) is 0 Å². The summed E-state index contributed by atoms with van der Waals surface area (Å²) in [7, 11) is 0. The fourth-order valence-electron chi connectivity index (χ4n) is 3.93. The van der Waals surface area contributed by atoms with Gasteiger partial charge in [-0.3, -0.25) is 14.6 Å². The number of aromatic nitrogens is 3. The van der Waals surface area contributed by atoms with Crippen LogP contribution in [0.3, 0.4) is 0 Å². The molecule has 158 valence electrons. The van der Waals surface area contributed by atoms with E-state index in [1.54, 1.807) is 9.58 Å². The molecule has 0 saturated carbocycles. The standard InChI is InChI=1S/C21H17BrN4O4S/c1-3-31-21-23-19(28)18-12-6-4-5-7-15(12)25(11(2)27)20(26(18)24-21)13-8-16-17(9-14(13)22)30-10-29-16/h4-9,20H,3,10H2,1-2H3/p+1/t20-/m0/s1. The van der Waals surface area contributed by atoms with Gasteiger partial charge in [-0.15, -0.1) is 0 Å². The summed E-state index contributed by atoms with van der Waals surface area (Å²) in [5.74, 6) is 1.77. The predicted octanol–water partition coefficient (Wildman–Crippen LogP) is 3.24. The number of para-hydroxylation sites is 1.